The van der Waals surface area contributed by atoms with E-state index in [9.17, 15) is 19.2 Å². The van der Waals surface area contributed by atoms with Crippen LogP contribution in [0.3, 0.4) is 0 Å². The number of hydrogen-bond acceptors (Lipinski definition) is 8. The second-order valence-electron chi connectivity index (χ2n) is 7.38. The van der Waals surface area contributed by atoms with Gasteiger partial charge in [0.25, 0.3) is 0 Å². The lowest BCUT2D eigenvalue weighted by molar-refractivity contribution is -0.122. The molecule has 4 amide bonds. The summed E-state index contributed by atoms with van der Waals surface area (Å²) in [6.07, 6.45) is 0.127. The van der Waals surface area contributed by atoms with Gasteiger partial charge in [0.1, 0.15) is 0 Å². The van der Waals surface area contributed by atoms with Crippen molar-refractivity contribution in [3.8, 4) is 0 Å². The molecular formula is C22H20N6O4S2. The van der Waals surface area contributed by atoms with Crippen molar-refractivity contribution in [3.05, 3.63) is 60.2 Å². The molecule has 0 aliphatic carbocycles. The summed E-state index contributed by atoms with van der Waals surface area (Å²) in [4.78, 5) is 49.8. The fourth-order valence-electron chi connectivity index (χ4n) is 3.31. The molecule has 1 aliphatic heterocycles. The molecule has 3 aromatic rings. The summed E-state index contributed by atoms with van der Waals surface area (Å²) >= 11 is 2.33. The Morgan fingerprint density at radius 1 is 1.06 bits per heavy atom. The molecule has 1 saturated heterocycles. The van der Waals surface area contributed by atoms with Gasteiger partial charge in [-0.2, -0.15) is 0 Å². The summed E-state index contributed by atoms with van der Waals surface area (Å²) in [5.74, 6) is -1.60. The van der Waals surface area contributed by atoms with Gasteiger partial charge in [0.05, 0.1) is 11.7 Å². The van der Waals surface area contributed by atoms with E-state index in [4.69, 9.17) is 5.73 Å². The van der Waals surface area contributed by atoms with Crippen LogP contribution in [-0.4, -0.2) is 46.1 Å². The minimum atomic E-state index is -0.541. The summed E-state index contributed by atoms with van der Waals surface area (Å²) in [7, 11) is 0. The molecule has 1 aliphatic rings. The van der Waals surface area contributed by atoms with Crippen LogP contribution in [0.4, 0.5) is 16.5 Å². The Morgan fingerprint density at radius 3 is 2.50 bits per heavy atom. The van der Waals surface area contributed by atoms with Gasteiger partial charge in [0.15, 0.2) is 4.34 Å². The third-order valence-electron chi connectivity index (χ3n) is 4.98. The van der Waals surface area contributed by atoms with Gasteiger partial charge in [-0.05, 0) is 36.4 Å². The highest BCUT2D eigenvalue weighted by molar-refractivity contribution is 8.01. The molecule has 2 aromatic carbocycles. The highest BCUT2D eigenvalue weighted by Gasteiger charge is 2.35. The first-order valence-electron chi connectivity index (χ1n) is 10.2. The highest BCUT2D eigenvalue weighted by Crippen LogP contribution is 2.28. The van der Waals surface area contributed by atoms with Crippen molar-refractivity contribution in [2.24, 2.45) is 11.7 Å². The Morgan fingerprint density at radius 2 is 1.79 bits per heavy atom. The maximum atomic E-state index is 12.6. The number of carbonyl (C=O) groups is 4. The lowest BCUT2D eigenvalue weighted by Crippen LogP contribution is -2.28. The number of carbonyl (C=O) groups excluding carboxylic acids is 4. The minimum Gasteiger partial charge on any atom is -0.366 e. The number of nitrogens with one attached hydrogen (secondary N) is 2. The highest BCUT2D eigenvalue weighted by atomic mass is 32.2. The number of hydrogen-bond donors (Lipinski definition) is 3. The quantitative estimate of drug-likeness (QED) is 0.320. The van der Waals surface area contributed by atoms with Crippen molar-refractivity contribution >= 4 is 63.2 Å². The molecule has 4 rings (SSSR count). The van der Waals surface area contributed by atoms with Crippen LogP contribution < -0.4 is 21.3 Å². The van der Waals surface area contributed by atoms with E-state index in [2.05, 4.69) is 20.8 Å². The SMILES string of the molecule is NC(=O)c1ccc(NC(=O)CSc2nnc(NC(=O)C3CC(=O)N(c4ccccc4)C3)s2)cc1. The summed E-state index contributed by atoms with van der Waals surface area (Å²) in [5, 5.41) is 13.7. The van der Waals surface area contributed by atoms with Crippen LogP contribution in [0.2, 0.25) is 0 Å². The first-order chi connectivity index (χ1) is 16.4. The van der Waals surface area contributed by atoms with Crippen LogP contribution >= 0.6 is 23.1 Å². The number of rotatable bonds is 8. The van der Waals surface area contributed by atoms with Gasteiger partial charge in [-0.3, -0.25) is 19.2 Å². The molecule has 34 heavy (non-hydrogen) atoms. The van der Waals surface area contributed by atoms with Crippen molar-refractivity contribution in [1.29, 1.82) is 0 Å². The van der Waals surface area contributed by atoms with Crippen LogP contribution in [0.1, 0.15) is 16.8 Å². The predicted octanol–water partition coefficient (Wildman–Crippen LogP) is 2.36. The molecule has 12 heteroatoms. The summed E-state index contributed by atoms with van der Waals surface area (Å²) < 4.78 is 0.517. The van der Waals surface area contributed by atoms with Gasteiger partial charge < -0.3 is 21.3 Å². The van der Waals surface area contributed by atoms with Gasteiger partial charge in [-0.1, -0.05) is 41.3 Å². The number of para-hydroxylation sites is 1. The smallest absolute Gasteiger partial charge is 0.248 e. The molecular weight excluding hydrogens is 476 g/mol. The molecule has 0 saturated carbocycles. The van der Waals surface area contributed by atoms with E-state index in [1.807, 2.05) is 30.3 Å². The maximum absolute atomic E-state index is 12.6. The van der Waals surface area contributed by atoms with Crippen molar-refractivity contribution < 1.29 is 19.2 Å². The summed E-state index contributed by atoms with van der Waals surface area (Å²) in [6.45, 7) is 0.301. The zero-order valence-corrected chi connectivity index (χ0v) is 19.4. The maximum Gasteiger partial charge on any atom is 0.248 e. The second-order valence-corrected chi connectivity index (χ2v) is 9.58. The molecule has 1 aromatic heterocycles. The zero-order valence-electron chi connectivity index (χ0n) is 17.8. The number of benzene rings is 2. The molecule has 1 atom stereocenters. The largest absolute Gasteiger partial charge is 0.366 e. The average Bonchev–Trinajstić information content (AvgIpc) is 3.45. The van der Waals surface area contributed by atoms with Crippen LogP contribution in [0.25, 0.3) is 0 Å². The topological polar surface area (TPSA) is 147 Å². The molecule has 2 heterocycles. The molecule has 4 N–H and O–H groups in total. The van der Waals surface area contributed by atoms with Gasteiger partial charge in [0.2, 0.25) is 28.8 Å². The number of thioether (sulfide) groups is 1. The molecule has 174 valence electrons. The van der Waals surface area contributed by atoms with E-state index in [1.54, 1.807) is 17.0 Å². The van der Waals surface area contributed by atoms with E-state index in [1.165, 1.54) is 23.9 Å². The normalized spacial score (nSPS) is 15.2. The fourth-order valence-corrected chi connectivity index (χ4v) is 4.86. The predicted molar refractivity (Wildman–Crippen MR) is 130 cm³/mol. The van der Waals surface area contributed by atoms with E-state index >= 15 is 0 Å². The van der Waals surface area contributed by atoms with E-state index in [-0.39, 0.29) is 29.9 Å². The van der Waals surface area contributed by atoms with Crippen LogP contribution in [-0.2, 0) is 14.4 Å². The minimum absolute atomic E-state index is 0.0866. The summed E-state index contributed by atoms with van der Waals surface area (Å²) in [5.41, 5.74) is 6.85. The molecule has 0 spiro atoms. The number of anilines is 3. The van der Waals surface area contributed by atoms with Crippen molar-refractivity contribution in [1.82, 2.24) is 10.2 Å². The lowest BCUT2D eigenvalue weighted by atomic mass is 10.1. The summed E-state index contributed by atoms with van der Waals surface area (Å²) in [6, 6.07) is 15.5. The average molecular weight is 497 g/mol. The standard InChI is InChI=1S/C22H20N6O4S2/c23-19(31)13-6-8-15(9-7-13)24-17(29)12-33-22-27-26-21(34-22)25-20(32)14-10-18(30)28(11-14)16-4-2-1-3-5-16/h1-9,14H,10-12H2,(H2,23,31)(H,24,29)(H,25,26,32). The molecule has 1 fully saturated rings. The van der Waals surface area contributed by atoms with Crippen molar-refractivity contribution in [2.45, 2.75) is 10.8 Å². The third kappa shape index (κ3) is 5.77. The Kier molecular flexibility index (Phi) is 7.18. The van der Waals surface area contributed by atoms with Gasteiger partial charge in [-0.25, -0.2) is 0 Å². The van der Waals surface area contributed by atoms with Crippen molar-refractivity contribution in [3.63, 3.8) is 0 Å². The zero-order chi connectivity index (χ0) is 24.1. The van der Waals surface area contributed by atoms with Crippen molar-refractivity contribution in [2.75, 3.05) is 27.8 Å². The van der Waals surface area contributed by atoms with Gasteiger partial charge >= 0.3 is 0 Å². The van der Waals surface area contributed by atoms with Crippen LogP contribution in [0.5, 0.6) is 0 Å². The first kappa shape index (κ1) is 23.4. The first-order valence-corrected chi connectivity index (χ1v) is 12.0. The monoisotopic (exact) mass is 496 g/mol. The number of nitrogens with two attached hydrogens (primary N) is 1. The third-order valence-corrected chi connectivity index (χ3v) is 6.95. The lowest BCUT2D eigenvalue weighted by Gasteiger charge is -2.16. The Hall–Kier alpha value is -3.77. The number of nitrogens with zero attached hydrogens (tertiary/aromatic N) is 3. The van der Waals surface area contributed by atoms with Gasteiger partial charge in [0, 0.05) is 29.9 Å². The molecule has 0 bridgehead atoms. The molecule has 1 unspecified atom stereocenters. The fraction of sp³-hybridized carbons (Fsp3) is 0.182. The second kappa shape index (κ2) is 10.4. The molecule has 0 radical (unpaired) electrons. The van der Waals surface area contributed by atoms with Gasteiger partial charge in [-0.15, -0.1) is 10.2 Å². The van der Waals surface area contributed by atoms with Crippen LogP contribution in [0.15, 0.2) is 58.9 Å². The number of amides is 4. The molecule has 10 nitrogen and oxygen atoms in total. The number of primary amides is 1. The van der Waals surface area contributed by atoms with E-state index < -0.39 is 11.8 Å². The Bertz CT molecular complexity index is 1220. The Labute approximate surface area is 202 Å². The van der Waals surface area contributed by atoms with E-state index in [0.29, 0.717) is 27.3 Å². The Balaban J connectivity index is 1.25. The number of aromatic nitrogens is 2. The van der Waals surface area contributed by atoms with Crippen LogP contribution in [0, 0.1) is 5.92 Å². The van der Waals surface area contributed by atoms with E-state index in [0.717, 1.165) is 17.0 Å².